The van der Waals surface area contributed by atoms with Gasteiger partial charge in [-0.3, -0.25) is 0 Å². The highest BCUT2D eigenvalue weighted by Gasteiger charge is 2.15. The van der Waals surface area contributed by atoms with E-state index in [-0.39, 0.29) is 16.6 Å². The highest BCUT2D eigenvalue weighted by molar-refractivity contribution is 9.10. The van der Waals surface area contributed by atoms with Crippen molar-refractivity contribution in [3.63, 3.8) is 0 Å². The molecular formula is C15H16BrClN2O4S. The topological polar surface area (TPSA) is 77.5 Å². The van der Waals surface area contributed by atoms with Crippen molar-refractivity contribution in [2.45, 2.75) is 11.3 Å². The van der Waals surface area contributed by atoms with Crippen molar-refractivity contribution in [2.24, 2.45) is 0 Å². The van der Waals surface area contributed by atoms with E-state index in [1.807, 2.05) is 12.1 Å². The third-order valence-electron chi connectivity index (χ3n) is 3.20. The van der Waals surface area contributed by atoms with Crippen molar-refractivity contribution >= 4 is 37.6 Å². The van der Waals surface area contributed by atoms with Gasteiger partial charge in [-0.15, -0.1) is 0 Å². The zero-order valence-corrected chi connectivity index (χ0v) is 16.2. The molecule has 24 heavy (non-hydrogen) atoms. The Labute approximate surface area is 154 Å². The molecule has 0 fully saturated rings. The van der Waals surface area contributed by atoms with E-state index in [4.69, 9.17) is 21.1 Å². The van der Waals surface area contributed by atoms with Gasteiger partial charge in [0.1, 0.15) is 21.5 Å². The minimum atomic E-state index is -3.66. The first-order valence-electron chi connectivity index (χ1n) is 6.88. The zero-order chi connectivity index (χ0) is 17.7. The summed E-state index contributed by atoms with van der Waals surface area (Å²) < 4.78 is 37.9. The molecule has 0 aliphatic carbocycles. The molecule has 0 aliphatic rings. The molecule has 0 bridgehead atoms. The van der Waals surface area contributed by atoms with Crippen LogP contribution in [0.1, 0.15) is 5.56 Å². The number of methoxy groups -OCH3 is 2. The highest BCUT2D eigenvalue weighted by atomic mass is 79.9. The SMILES string of the molecule is COc1cc(CCNS(=O)(=O)c2cnc(Cl)c(Br)c2)cc(OC)c1. The number of pyridine rings is 1. The summed E-state index contributed by atoms with van der Waals surface area (Å²) in [6.45, 7) is 0.221. The average molecular weight is 436 g/mol. The van der Waals surface area contributed by atoms with Crippen LogP contribution in [-0.2, 0) is 16.4 Å². The highest BCUT2D eigenvalue weighted by Crippen LogP contribution is 2.24. The van der Waals surface area contributed by atoms with Crippen molar-refractivity contribution in [2.75, 3.05) is 20.8 Å². The Kier molecular flexibility index (Phi) is 6.45. The molecule has 0 saturated carbocycles. The predicted octanol–water partition coefficient (Wildman–Crippen LogP) is 3.04. The Balaban J connectivity index is 2.06. The lowest BCUT2D eigenvalue weighted by atomic mass is 10.1. The number of rotatable bonds is 7. The van der Waals surface area contributed by atoms with Crippen LogP contribution in [-0.4, -0.2) is 34.2 Å². The molecule has 0 saturated heterocycles. The second-order valence-electron chi connectivity index (χ2n) is 4.81. The van der Waals surface area contributed by atoms with Gasteiger partial charge in [-0.05, 0) is 46.1 Å². The van der Waals surface area contributed by atoms with E-state index in [0.717, 1.165) is 5.56 Å². The molecule has 9 heteroatoms. The first-order valence-corrected chi connectivity index (χ1v) is 9.54. The number of aromatic nitrogens is 1. The molecule has 2 rings (SSSR count). The number of sulfonamides is 1. The van der Waals surface area contributed by atoms with Gasteiger partial charge in [0.05, 0.1) is 18.7 Å². The Morgan fingerprint density at radius 1 is 1.17 bits per heavy atom. The molecule has 6 nitrogen and oxygen atoms in total. The van der Waals surface area contributed by atoms with Gasteiger partial charge in [-0.25, -0.2) is 18.1 Å². The number of halogens is 2. The molecule has 1 N–H and O–H groups in total. The monoisotopic (exact) mass is 434 g/mol. The lowest BCUT2D eigenvalue weighted by Gasteiger charge is -2.10. The van der Waals surface area contributed by atoms with Gasteiger partial charge in [0.2, 0.25) is 10.0 Å². The molecule has 1 aromatic carbocycles. The van der Waals surface area contributed by atoms with Gasteiger partial charge < -0.3 is 9.47 Å². The second-order valence-corrected chi connectivity index (χ2v) is 7.79. The van der Waals surface area contributed by atoms with E-state index in [2.05, 4.69) is 25.6 Å². The first-order chi connectivity index (χ1) is 11.4. The van der Waals surface area contributed by atoms with Crippen molar-refractivity contribution in [3.8, 4) is 11.5 Å². The Hall–Kier alpha value is -1.35. The predicted molar refractivity (Wildman–Crippen MR) is 95.4 cm³/mol. The van der Waals surface area contributed by atoms with Crippen molar-refractivity contribution < 1.29 is 17.9 Å². The van der Waals surface area contributed by atoms with Crippen molar-refractivity contribution in [1.82, 2.24) is 9.71 Å². The van der Waals surface area contributed by atoms with E-state index in [1.165, 1.54) is 12.3 Å². The van der Waals surface area contributed by atoms with E-state index in [0.29, 0.717) is 22.4 Å². The van der Waals surface area contributed by atoms with Crippen molar-refractivity contribution in [1.29, 1.82) is 0 Å². The molecule has 0 atom stereocenters. The standard InChI is InChI=1S/C15H16BrClN2O4S/c1-22-11-5-10(6-12(7-11)23-2)3-4-19-24(20,21)13-8-14(16)15(17)18-9-13/h5-9,19H,3-4H2,1-2H3. The second kappa shape index (κ2) is 8.15. The van der Waals surface area contributed by atoms with E-state index in [1.54, 1.807) is 20.3 Å². The summed E-state index contributed by atoms with van der Waals surface area (Å²) in [4.78, 5) is 3.87. The maximum atomic E-state index is 12.3. The quantitative estimate of drug-likeness (QED) is 0.676. The summed E-state index contributed by atoms with van der Waals surface area (Å²) >= 11 is 8.94. The number of nitrogens with one attached hydrogen (secondary N) is 1. The van der Waals surface area contributed by atoms with Crippen LogP contribution in [0.15, 0.2) is 39.8 Å². The number of hydrogen-bond donors (Lipinski definition) is 1. The fourth-order valence-electron chi connectivity index (χ4n) is 1.97. The van der Waals surface area contributed by atoms with Crippen LogP contribution in [0.2, 0.25) is 5.15 Å². The Morgan fingerprint density at radius 2 is 1.79 bits per heavy atom. The number of nitrogens with zero attached hydrogens (tertiary/aromatic N) is 1. The van der Waals surface area contributed by atoms with Crippen molar-refractivity contribution in [3.05, 3.63) is 45.7 Å². The minimum absolute atomic E-state index is 0.0435. The fraction of sp³-hybridized carbons (Fsp3) is 0.267. The lowest BCUT2D eigenvalue weighted by Crippen LogP contribution is -2.26. The fourth-order valence-corrected chi connectivity index (χ4v) is 3.58. The molecular weight excluding hydrogens is 420 g/mol. The van der Waals surface area contributed by atoms with Gasteiger partial charge in [0.25, 0.3) is 0 Å². The number of ether oxygens (including phenoxy) is 2. The first kappa shape index (κ1) is 19.0. The van der Waals surface area contributed by atoms with Crippen LogP contribution in [0.25, 0.3) is 0 Å². The molecule has 0 aliphatic heterocycles. The van der Waals surface area contributed by atoms with Crippen LogP contribution in [0.4, 0.5) is 0 Å². The van der Waals surface area contributed by atoms with Crippen LogP contribution < -0.4 is 14.2 Å². The molecule has 0 unspecified atom stereocenters. The average Bonchev–Trinajstić information content (AvgIpc) is 2.56. The van der Waals surface area contributed by atoms with E-state index >= 15 is 0 Å². The molecule has 0 amide bonds. The van der Waals surface area contributed by atoms with Gasteiger partial charge in [-0.1, -0.05) is 11.6 Å². The minimum Gasteiger partial charge on any atom is -0.497 e. The zero-order valence-electron chi connectivity index (χ0n) is 13.0. The molecule has 0 radical (unpaired) electrons. The molecule has 130 valence electrons. The third-order valence-corrected chi connectivity index (χ3v) is 5.76. The lowest BCUT2D eigenvalue weighted by molar-refractivity contribution is 0.393. The molecule has 0 spiro atoms. The Morgan fingerprint density at radius 3 is 2.33 bits per heavy atom. The van der Waals surface area contributed by atoms with Crippen LogP contribution in [0, 0.1) is 0 Å². The van der Waals surface area contributed by atoms with Crippen LogP contribution >= 0.6 is 27.5 Å². The summed E-state index contributed by atoms with van der Waals surface area (Å²) in [6.07, 6.45) is 1.69. The van der Waals surface area contributed by atoms with E-state index in [9.17, 15) is 8.42 Å². The maximum Gasteiger partial charge on any atom is 0.242 e. The number of hydrogen-bond acceptors (Lipinski definition) is 5. The largest absolute Gasteiger partial charge is 0.497 e. The third kappa shape index (κ3) is 4.83. The maximum absolute atomic E-state index is 12.3. The van der Waals surface area contributed by atoms with Gasteiger partial charge in [0, 0.05) is 18.8 Å². The molecule has 1 heterocycles. The molecule has 1 aromatic heterocycles. The Bertz CT molecular complexity index is 808. The van der Waals surface area contributed by atoms with Gasteiger partial charge in [-0.2, -0.15) is 0 Å². The van der Waals surface area contributed by atoms with Gasteiger partial charge >= 0.3 is 0 Å². The summed E-state index contributed by atoms with van der Waals surface area (Å²) in [6, 6.07) is 6.82. The normalized spacial score (nSPS) is 11.3. The number of benzene rings is 1. The molecule has 2 aromatic rings. The summed E-state index contributed by atoms with van der Waals surface area (Å²) in [5.41, 5.74) is 0.893. The van der Waals surface area contributed by atoms with Crippen LogP contribution in [0.5, 0.6) is 11.5 Å². The van der Waals surface area contributed by atoms with Crippen LogP contribution in [0.3, 0.4) is 0 Å². The summed E-state index contributed by atoms with van der Waals surface area (Å²) in [7, 11) is -0.540. The summed E-state index contributed by atoms with van der Waals surface area (Å²) in [5.74, 6) is 1.30. The summed E-state index contributed by atoms with van der Waals surface area (Å²) in [5, 5.41) is 0.206. The van der Waals surface area contributed by atoms with Gasteiger partial charge in [0.15, 0.2) is 0 Å². The van der Waals surface area contributed by atoms with E-state index < -0.39 is 10.0 Å². The smallest absolute Gasteiger partial charge is 0.242 e.